The van der Waals surface area contributed by atoms with Crippen molar-refractivity contribution in [3.63, 3.8) is 0 Å². The Bertz CT molecular complexity index is 526. The number of halogens is 1. The maximum absolute atomic E-state index is 4.36. The second kappa shape index (κ2) is 11.7. The summed E-state index contributed by atoms with van der Waals surface area (Å²) in [5.41, 5.74) is 2.74. The van der Waals surface area contributed by atoms with Crippen LogP contribution in [0.15, 0.2) is 29.3 Å². The Morgan fingerprint density at radius 2 is 1.76 bits per heavy atom. The summed E-state index contributed by atoms with van der Waals surface area (Å²) < 4.78 is 0. The number of nitrogens with zero attached hydrogens (tertiary/aromatic N) is 3. The fourth-order valence-corrected chi connectivity index (χ4v) is 3.11. The van der Waals surface area contributed by atoms with E-state index in [1.165, 1.54) is 11.1 Å². The molecule has 1 saturated heterocycles. The third kappa shape index (κ3) is 7.11. The quantitative estimate of drug-likeness (QED) is 0.389. The number of nitrogens with one attached hydrogen (secondary N) is 2. The van der Waals surface area contributed by atoms with E-state index in [0.717, 1.165) is 51.6 Å². The first-order valence-electron chi connectivity index (χ1n) is 9.08. The lowest BCUT2D eigenvalue weighted by Gasteiger charge is -2.36. The average Bonchev–Trinajstić information content (AvgIpc) is 2.62. The molecule has 1 heterocycles. The van der Waals surface area contributed by atoms with Gasteiger partial charge < -0.3 is 15.5 Å². The van der Waals surface area contributed by atoms with E-state index < -0.39 is 0 Å². The number of likely N-dealkylation sites (N-methyl/N-ethyl adjacent to an activating group) is 1. The van der Waals surface area contributed by atoms with Gasteiger partial charge in [-0.25, -0.2) is 0 Å². The van der Waals surface area contributed by atoms with Crippen LogP contribution < -0.4 is 10.6 Å². The number of benzene rings is 1. The topological polar surface area (TPSA) is 42.9 Å². The van der Waals surface area contributed by atoms with Gasteiger partial charge in [-0.15, -0.1) is 24.0 Å². The smallest absolute Gasteiger partial charge is 0.191 e. The summed E-state index contributed by atoms with van der Waals surface area (Å²) in [5.74, 6) is 0.877. The predicted molar refractivity (Wildman–Crippen MR) is 118 cm³/mol. The van der Waals surface area contributed by atoms with Crippen molar-refractivity contribution in [2.75, 3.05) is 46.8 Å². The van der Waals surface area contributed by atoms with Crippen molar-refractivity contribution < 1.29 is 0 Å². The van der Waals surface area contributed by atoms with Gasteiger partial charge in [0.2, 0.25) is 0 Å². The van der Waals surface area contributed by atoms with E-state index in [9.17, 15) is 0 Å². The summed E-state index contributed by atoms with van der Waals surface area (Å²) in [6.07, 6.45) is 1.06. The minimum absolute atomic E-state index is 0. The van der Waals surface area contributed by atoms with E-state index in [0.29, 0.717) is 6.04 Å². The number of rotatable bonds is 6. The lowest BCUT2D eigenvalue weighted by Crippen LogP contribution is -2.52. The van der Waals surface area contributed by atoms with Gasteiger partial charge in [0, 0.05) is 52.4 Å². The first kappa shape index (κ1) is 22.2. The van der Waals surface area contributed by atoms with Crippen LogP contribution in [0.25, 0.3) is 0 Å². The zero-order valence-corrected chi connectivity index (χ0v) is 18.4. The molecule has 1 aromatic carbocycles. The van der Waals surface area contributed by atoms with Crippen molar-refractivity contribution >= 4 is 29.9 Å². The van der Waals surface area contributed by atoms with Crippen LogP contribution in [0.1, 0.15) is 25.0 Å². The number of hydrogen-bond acceptors (Lipinski definition) is 3. The predicted octanol–water partition coefficient (Wildman–Crippen LogP) is 2.17. The van der Waals surface area contributed by atoms with Gasteiger partial charge in [-0.1, -0.05) is 31.2 Å². The van der Waals surface area contributed by atoms with Crippen LogP contribution in [0, 0.1) is 0 Å². The van der Waals surface area contributed by atoms with Crippen LogP contribution in [0.2, 0.25) is 0 Å². The molecule has 0 aliphatic carbocycles. The summed E-state index contributed by atoms with van der Waals surface area (Å²) >= 11 is 0. The Hall–Kier alpha value is -0.860. The molecular weight excluding hydrogens is 425 g/mol. The molecular formula is C19H34IN5. The lowest BCUT2D eigenvalue weighted by molar-refractivity contribution is 0.120. The van der Waals surface area contributed by atoms with Gasteiger partial charge in [-0.05, 0) is 31.5 Å². The molecule has 1 unspecified atom stereocenters. The number of guanidine groups is 1. The maximum Gasteiger partial charge on any atom is 0.191 e. The maximum atomic E-state index is 4.36. The summed E-state index contributed by atoms with van der Waals surface area (Å²) in [7, 11) is 4.03. The average molecular weight is 459 g/mol. The summed E-state index contributed by atoms with van der Waals surface area (Å²) in [6, 6.07) is 9.10. The molecule has 1 aliphatic rings. The zero-order valence-electron chi connectivity index (χ0n) is 16.1. The Morgan fingerprint density at radius 1 is 1.12 bits per heavy atom. The Morgan fingerprint density at radius 3 is 2.36 bits per heavy atom. The van der Waals surface area contributed by atoms with Crippen LogP contribution in [0.3, 0.4) is 0 Å². The minimum atomic E-state index is 0. The van der Waals surface area contributed by atoms with E-state index in [2.05, 4.69) is 70.6 Å². The SMILES string of the molecule is CCc1ccccc1CNC(=NC)NCC(C)N1CCN(C)CC1.I. The van der Waals surface area contributed by atoms with Gasteiger partial charge in [0.15, 0.2) is 5.96 Å². The summed E-state index contributed by atoms with van der Waals surface area (Å²) in [5, 5.41) is 6.91. The van der Waals surface area contributed by atoms with Gasteiger partial charge in [0.1, 0.15) is 0 Å². The number of piperazine rings is 1. The molecule has 0 aromatic heterocycles. The normalized spacial score (nSPS) is 17.7. The summed E-state index contributed by atoms with van der Waals surface area (Å²) in [4.78, 5) is 9.29. The Kier molecular flexibility index (Phi) is 10.4. The largest absolute Gasteiger partial charge is 0.355 e. The highest BCUT2D eigenvalue weighted by atomic mass is 127. The molecule has 1 aromatic rings. The van der Waals surface area contributed by atoms with Crippen molar-refractivity contribution in [3.8, 4) is 0 Å². The Labute approximate surface area is 170 Å². The number of aliphatic imine (C=N–C) groups is 1. The molecule has 0 radical (unpaired) electrons. The molecule has 1 fully saturated rings. The van der Waals surface area contributed by atoms with E-state index in [4.69, 9.17) is 0 Å². The van der Waals surface area contributed by atoms with Gasteiger partial charge in [0.05, 0.1) is 0 Å². The van der Waals surface area contributed by atoms with Crippen LogP contribution in [0.5, 0.6) is 0 Å². The van der Waals surface area contributed by atoms with Crippen LogP contribution in [-0.2, 0) is 13.0 Å². The van der Waals surface area contributed by atoms with E-state index in [1.807, 2.05) is 7.05 Å². The third-order valence-electron chi connectivity index (χ3n) is 4.90. The van der Waals surface area contributed by atoms with Crippen molar-refractivity contribution in [1.82, 2.24) is 20.4 Å². The van der Waals surface area contributed by atoms with Crippen molar-refractivity contribution in [1.29, 1.82) is 0 Å². The molecule has 25 heavy (non-hydrogen) atoms. The van der Waals surface area contributed by atoms with Crippen LogP contribution >= 0.6 is 24.0 Å². The lowest BCUT2D eigenvalue weighted by atomic mass is 10.1. The van der Waals surface area contributed by atoms with Gasteiger partial charge >= 0.3 is 0 Å². The molecule has 0 bridgehead atoms. The standard InChI is InChI=1S/C19H33N5.HI/c1-5-17-8-6-7-9-18(17)15-22-19(20-3)21-14-16(2)24-12-10-23(4)11-13-24;/h6-9,16H,5,10-15H2,1-4H3,(H2,20,21,22);1H. The molecule has 5 nitrogen and oxygen atoms in total. The monoisotopic (exact) mass is 459 g/mol. The molecule has 0 amide bonds. The van der Waals surface area contributed by atoms with E-state index >= 15 is 0 Å². The molecule has 142 valence electrons. The van der Waals surface area contributed by atoms with Crippen LogP contribution in [-0.4, -0.2) is 68.6 Å². The summed E-state index contributed by atoms with van der Waals surface area (Å²) in [6.45, 7) is 10.8. The van der Waals surface area contributed by atoms with E-state index in [-0.39, 0.29) is 24.0 Å². The molecule has 1 atom stereocenters. The van der Waals surface area contributed by atoms with Crippen molar-refractivity contribution in [3.05, 3.63) is 35.4 Å². The Balaban J connectivity index is 0.00000312. The fourth-order valence-electron chi connectivity index (χ4n) is 3.11. The highest BCUT2D eigenvalue weighted by Crippen LogP contribution is 2.09. The number of hydrogen-bond donors (Lipinski definition) is 2. The second-order valence-corrected chi connectivity index (χ2v) is 6.62. The van der Waals surface area contributed by atoms with E-state index in [1.54, 1.807) is 0 Å². The molecule has 2 N–H and O–H groups in total. The molecule has 6 heteroatoms. The van der Waals surface area contributed by atoms with Crippen molar-refractivity contribution in [2.24, 2.45) is 4.99 Å². The minimum Gasteiger partial charge on any atom is -0.355 e. The zero-order chi connectivity index (χ0) is 17.4. The third-order valence-corrected chi connectivity index (χ3v) is 4.90. The first-order chi connectivity index (χ1) is 11.6. The fraction of sp³-hybridized carbons (Fsp3) is 0.632. The first-order valence-corrected chi connectivity index (χ1v) is 9.08. The number of aryl methyl sites for hydroxylation is 1. The second-order valence-electron chi connectivity index (χ2n) is 6.62. The molecule has 0 spiro atoms. The van der Waals surface area contributed by atoms with Gasteiger partial charge in [0.25, 0.3) is 0 Å². The highest BCUT2D eigenvalue weighted by molar-refractivity contribution is 14.0. The van der Waals surface area contributed by atoms with Gasteiger partial charge in [-0.3, -0.25) is 9.89 Å². The molecule has 0 saturated carbocycles. The molecule has 2 rings (SSSR count). The highest BCUT2D eigenvalue weighted by Gasteiger charge is 2.19. The van der Waals surface area contributed by atoms with Gasteiger partial charge in [-0.2, -0.15) is 0 Å². The van der Waals surface area contributed by atoms with Crippen molar-refractivity contribution in [2.45, 2.75) is 32.9 Å². The molecule has 1 aliphatic heterocycles. The van der Waals surface area contributed by atoms with Crippen LogP contribution in [0.4, 0.5) is 0 Å².